The molecule has 7 nitrogen and oxygen atoms in total. The average Bonchev–Trinajstić information content (AvgIpc) is 3.26. The number of rotatable bonds is 7. The Bertz CT molecular complexity index is 1530. The summed E-state index contributed by atoms with van der Waals surface area (Å²) in [5.41, 5.74) is 3.87. The van der Waals surface area contributed by atoms with Crippen LogP contribution >= 0.6 is 0 Å². The third-order valence-corrected chi connectivity index (χ3v) is 5.82. The number of nitrogens with zero attached hydrogens (tertiary/aromatic N) is 2. The van der Waals surface area contributed by atoms with Crippen molar-refractivity contribution in [2.24, 2.45) is 0 Å². The van der Waals surface area contributed by atoms with Crippen LogP contribution in [0.4, 0.5) is 5.69 Å². The lowest BCUT2D eigenvalue weighted by molar-refractivity contribution is -0.116. The van der Waals surface area contributed by atoms with Gasteiger partial charge in [-0.3, -0.25) is 9.59 Å². The van der Waals surface area contributed by atoms with Gasteiger partial charge in [-0.25, -0.2) is 4.98 Å². The summed E-state index contributed by atoms with van der Waals surface area (Å²) in [7, 11) is 0. The molecule has 1 N–H and O–H groups in total. The summed E-state index contributed by atoms with van der Waals surface area (Å²) in [6, 6.07) is 28.0. The maximum atomic E-state index is 13.6. The zero-order valence-corrected chi connectivity index (χ0v) is 20.0. The number of benzene rings is 3. The second-order valence-corrected chi connectivity index (χ2v) is 8.62. The normalized spacial score (nSPS) is 11.1. The number of hydrogen-bond donors (Lipinski definition) is 1. The van der Waals surface area contributed by atoms with Crippen molar-refractivity contribution in [1.82, 2.24) is 9.56 Å². The van der Waals surface area contributed by atoms with Gasteiger partial charge in [0.2, 0.25) is 5.91 Å². The Morgan fingerprint density at radius 3 is 2.28 bits per heavy atom. The third kappa shape index (κ3) is 4.90. The van der Waals surface area contributed by atoms with Crippen molar-refractivity contribution in [3.8, 4) is 5.75 Å². The van der Waals surface area contributed by atoms with E-state index in [-0.39, 0.29) is 18.1 Å². The van der Waals surface area contributed by atoms with Gasteiger partial charge in [0.05, 0.1) is 17.3 Å². The van der Waals surface area contributed by atoms with E-state index >= 15 is 0 Å². The van der Waals surface area contributed by atoms with E-state index in [1.165, 1.54) is 6.07 Å². The maximum absolute atomic E-state index is 13.6. The first-order valence-electron chi connectivity index (χ1n) is 11.6. The zero-order chi connectivity index (χ0) is 25.1. The molecule has 0 spiro atoms. The lowest BCUT2D eigenvalue weighted by atomic mass is 9.90. The molecule has 0 atom stereocenters. The Morgan fingerprint density at radius 2 is 1.61 bits per heavy atom. The van der Waals surface area contributed by atoms with Crippen molar-refractivity contribution in [2.45, 2.75) is 26.4 Å². The smallest absolute Gasteiger partial charge is 0.287 e. The molecule has 0 radical (unpaired) electrons. The second-order valence-electron chi connectivity index (χ2n) is 8.62. The number of anilines is 1. The highest BCUT2D eigenvalue weighted by Gasteiger charge is 2.23. The van der Waals surface area contributed by atoms with E-state index < -0.39 is 5.92 Å². The Hall–Kier alpha value is -4.65. The zero-order valence-electron chi connectivity index (χ0n) is 20.0. The number of carbonyl (C=O) groups is 1. The average molecular weight is 480 g/mol. The lowest BCUT2D eigenvalue weighted by Crippen LogP contribution is -2.22. The lowest BCUT2D eigenvalue weighted by Gasteiger charge is -2.19. The van der Waals surface area contributed by atoms with Crippen molar-refractivity contribution >= 4 is 17.2 Å². The molecule has 5 rings (SSSR count). The van der Waals surface area contributed by atoms with Crippen LogP contribution in [0.1, 0.15) is 34.1 Å². The fourth-order valence-corrected chi connectivity index (χ4v) is 4.16. The van der Waals surface area contributed by atoms with Crippen LogP contribution in [0.5, 0.6) is 5.75 Å². The van der Waals surface area contributed by atoms with Crippen LogP contribution < -0.4 is 15.6 Å². The van der Waals surface area contributed by atoms with Crippen LogP contribution in [-0.4, -0.2) is 15.5 Å². The third-order valence-electron chi connectivity index (χ3n) is 5.82. The number of nitrogens with one attached hydrogen (secondary N) is 1. The molecule has 0 aliphatic heterocycles. The van der Waals surface area contributed by atoms with E-state index in [0.29, 0.717) is 28.5 Å². The minimum atomic E-state index is -0.491. The number of hydrogen-bond acceptors (Lipinski definition) is 5. The molecule has 0 saturated carbocycles. The predicted molar refractivity (Wildman–Crippen MR) is 137 cm³/mol. The summed E-state index contributed by atoms with van der Waals surface area (Å²) in [5, 5.41) is 3.06. The van der Waals surface area contributed by atoms with E-state index in [4.69, 9.17) is 9.26 Å². The first kappa shape index (κ1) is 23.1. The number of ether oxygens (including phenoxy) is 1. The first-order valence-corrected chi connectivity index (χ1v) is 11.6. The minimum absolute atomic E-state index is 0.0582. The van der Waals surface area contributed by atoms with Gasteiger partial charge < -0.3 is 14.6 Å². The van der Waals surface area contributed by atoms with Crippen LogP contribution in [0, 0.1) is 13.8 Å². The molecule has 0 bridgehead atoms. The SMILES string of the molecule is Cc1ccc(OCc2cc(=O)n3oc(C)cc3n2)c(NC(=O)C(c2ccccc2)c2ccccc2)c1. The van der Waals surface area contributed by atoms with Crippen molar-refractivity contribution < 1.29 is 14.1 Å². The molecular weight excluding hydrogens is 454 g/mol. The van der Waals surface area contributed by atoms with Crippen molar-refractivity contribution in [3.05, 3.63) is 129 Å². The topological polar surface area (TPSA) is 85.8 Å². The van der Waals surface area contributed by atoms with E-state index in [2.05, 4.69) is 10.3 Å². The van der Waals surface area contributed by atoms with Crippen LogP contribution in [0.15, 0.2) is 100 Å². The summed E-state index contributed by atoms with van der Waals surface area (Å²) in [4.78, 5) is 30.4. The van der Waals surface area contributed by atoms with Crippen molar-refractivity contribution in [2.75, 3.05) is 5.32 Å². The van der Waals surface area contributed by atoms with Crippen LogP contribution in [0.3, 0.4) is 0 Å². The molecule has 0 aliphatic rings. The van der Waals surface area contributed by atoms with E-state index in [0.717, 1.165) is 21.3 Å². The number of fused-ring (bicyclic) bond motifs is 1. The van der Waals surface area contributed by atoms with Crippen molar-refractivity contribution in [3.63, 3.8) is 0 Å². The second kappa shape index (κ2) is 9.92. The fourth-order valence-electron chi connectivity index (χ4n) is 4.16. The molecule has 5 aromatic rings. The predicted octanol–water partition coefficient (Wildman–Crippen LogP) is 5.25. The molecule has 36 heavy (non-hydrogen) atoms. The fraction of sp³-hybridized carbons (Fsp3) is 0.138. The van der Waals surface area contributed by atoms with Crippen LogP contribution in [0.2, 0.25) is 0 Å². The molecule has 0 aliphatic carbocycles. The van der Waals surface area contributed by atoms with Gasteiger partial charge in [-0.15, -0.1) is 4.57 Å². The summed E-state index contributed by atoms with van der Waals surface area (Å²) in [6.45, 7) is 3.76. The molecule has 1 amide bonds. The summed E-state index contributed by atoms with van der Waals surface area (Å²) in [6.07, 6.45) is 0. The van der Waals surface area contributed by atoms with Gasteiger partial charge in [0, 0.05) is 12.1 Å². The van der Waals surface area contributed by atoms with E-state index in [1.807, 2.05) is 79.7 Å². The summed E-state index contributed by atoms with van der Waals surface area (Å²) >= 11 is 0. The monoisotopic (exact) mass is 479 g/mol. The first-order chi connectivity index (χ1) is 17.5. The molecule has 2 aromatic heterocycles. The Kier molecular flexibility index (Phi) is 6.36. The highest BCUT2D eigenvalue weighted by atomic mass is 16.5. The molecule has 0 unspecified atom stereocenters. The van der Waals surface area contributed by atoms with Gasteiger partial charge in [0.1, 0.15) is 18.1 Å². The highest BCUT2D eigenvalue weighted by Crippen LogP contribution is 2.31. The summed E-state index contributed by atoms with van der Waals surface area (Å²) < 4.78 is 12.5. The van der Waals surface area contributed by atoms with Crippen LogP contribution in [-0.2, 0) is 11.4 Å². The minimum Gasteiger partial charge on any atom is -0.485 e. The Labute approximate surface area is 208 Å². The quantitative estimate of drug-likeness (QED) is 0.344. The van der Waals surface area contributed by atoms with Crippen LogP contribution in [0.25, 0.3) is 5.65 Å². The Morgan fingerprint density at radius 1 is 0.944 bits per heavy atom. The summed E-state index contributed by atoms with van der Waals surface area (Å²) in [5.74, 6) is 0.413. The molecular formula is C29H25N3O4. The Balaban J connectivity index is 1.41. The molecule has 2 heterocycles. The molecule has 7 heteroatoms. The number of carbonyl (C=O) groups excluding carboxylic acids is 1. The number of amides is 1. The molecule has 180 valence electrons. The van der Waals surface area contributed by atoms with Crippen molar-refractivity contribution in [1.29, 1.82) is 0 Å². The highest BCUT2D eigenvalue weighted by molar-refractivity contribution is 5.99. The number of aromatic nitrogens is 2. The largest absolute Gasteiger partial charge is 0.485 e. The van der Waals surface area contributed by atoms with Gasteiger partial charge in [0.15, 0.2) is 5.65 Å². The van der Waals surface area contributed by atoms with Gasteiger partial charge in [-0.2, -0.15) is 0 Å². The van der Waals surface area contributed by atoms with Gasteiger partial charge >= 0.3 is 0 Å². The molecule has 0 saturated heterocycles. The standard InChI is InChI=1S/C29H25N3O4/c1-19-13-14-25(35-18-23-17-27(33)32-26(30-23)16-20(2)36-32)24(15-19)31-29(34)28(21-9-5-3-6-10-21)22-11-7-4-8-12-22/h3-17,28H,18H2,1-2H3,(H,31,34). The maximum Gasteiger partial charge on any atom is 0.287 e. The van der Waals surface area contributed by atoms with Gasteiger partial charge in [-0.05, 0) is 42.7 Å². The molecule has 3 aromatic carbocycles. The van der Waals surface area contributed by atoms with E-state index in [1.54, 1.807) is 19.1 Å². The van der Waals surface area contributed by atoms with E-state index in [9.17, 15) is 9.59 Å². The number of aryl methyl sites for hydroxylation is 2. The van der Waals surface area contributed by atoms with Gasteiger partial charge in [0.25, 0.3) is 5.56 Å². The van der Waals surface area contributed by atoms with Gasteiger partial charge in [-0.1, -0.05) is 66.7 Å². The molecule has 0 fully saturated rings.